The smallest absolute Gasteiger partial charge is 0.239 e. The average Bonchev–Trinajstić information content (AvgIpc) is 2.85. The SMILES string of the molecule is N#CC[n+]1c2ccccc2cc2[nH]c3ccccc3c21. The fourth-order valence-corrected chi connectivity index (χ4v) is 2.91. The van der Waals surface area contributed by atoms with Gasteiger partial charge in [0.05, 0.1) is 10.9 Å². The molecule has 0 unspecified atom stereocenters. The molecule has 2 heterocycles. The molecular weight excluding hydrogens is 246 g/mol. The molecule has 0 spiro atoms. The molecule has 0 radical (unpaired) electrons. The van der Waals surface area contributed by atoms with Crippen LogP contribution in [-0.2, 0) is 6.54 Å². The first kappa shape index (κ1) is 11.0. The lowest BCUT2D eigenvalue weighted by molar-refractivity contribution is -0.631. The van der Waals surface area contributed by atoms with Gasteiger partial charge in [-0.05, 0) is 24.3 Å². The summed E-state index contributed by atoms with van der Waals surface area (Å²) in [5, 5.41) is 11.5. The van der Waals surface area contributed by atoms with Crippen molar-refractivity contribution in [2.45, 2.75) is 6.54 Å². The molecule has 20 heavy (non-hydrogen) atoms. The molecule has 0 saturated heterocycles. The maximum atomic E-state index is 9.17. The molecule has 0 bridgehead atoms. The van der Waals surface area contributed by atoms with Crippen molar-refractivity contribution in [3.63, 3.8) is 0 Å². The van der Waals surface area contributed by atoms with E-state index in [9.17, 15) is 0 Å². The van der Waals surface area contributed by atoms with Crippen molar-refractivity contribution < 1.29 is 4.57 Å². The predicted molar refractivity (Wildman–Crippen MR) is 79.1 cm³/mol. The van der Waals surface area contributed by atoms with Gasteiger partial charge in [0.25, 0.3) is 0 Å². The molecule has 4 aromatic rings. The van der Waals surface area contributed by atoms with Crippen molar-refractivity contribution in [1.29, 1.82) is 5.26 Å². The number of nitrogens with one attached hydrogen (secondary N) is 1. The van der Waals surface area contributed by atoms with Crippen LogP contribution in [0.2, 0.25) is 0 Å². The number of rotatable bonds is 1. The quantitative estimate of drug-likeness (QED) is 0.523. The highest BCUT2D eigenvalue weighted by atomic mass is 15.0. The van der Waals surface area contributed by atoms with Gasteiger partial charge in [0, 0.05) is 11.5 Å². The minimum absolute atomic E-state index is 0.347. The molecule has 0 atom stereocenters. The summed E-state index contributed by atoms with van der Waals surface area (Å²) in [7, 11) is 0. The van der Waals surface area contributed by atoms with Gasteiger partial charge in [0.1, 0.15) is 11.6 Å². The Kier molecular flexibility index (Phi) is 2.24. The molecule has 1 N–H and O–H groups in total. The summed E-state index contributed by atoms with van der Waals surface area (Å²) in [6.07, 6.45) is 0. The molecule has 0 fully saturated rings. The maximum Gasteiger partial charge on any atom is 0.239 e. The van der Waals surface area contributed by atoms with Crippen LogP contribution in [0.25, 0.3) is 32.8 Å². The third-order valence-corrected chi connectivity index (χ3v) is 3.73. The molecule has 0 aliphatic rings. The topological polar surface area (TPSA) is 43.5 Å². The molecule has 0 saturated carbocycles. The van der Waals surface area contributed by atoms with E-state index in [1.54, 1.807) is 0 Å². The number of pyridine rings is 1. The van der Waals surface area contributed by atoms with E-state index in [1.807, 2.05) is 24.3 Å². The molecule has 4 rings (SSSR count). The number of fused-ring (bicyclic) bond motifs is 4. The zero-order valence-corrected chi connectivity index (χ0v) is 10.8. The Hall–Kier alpha value is -2.86. The number of aromatic amines is 1. The van der Waals surface area contributed by atoms with Crippen LogP contribution >= 0.6 is 0 Å². The number of nitriles is 1. The van der Waals surface area contributed by atoms with Crippen molar-refractivity contribution in [3.05, 3.63) is 54.6 Å². The van der Waals surface area contributed by atoms with E-state index in [0.717, 1.165) is 32.8 Å². The summed E-state index contributed by atoms with van der Waals surface area (Å²) < 4.78 is 2.09. The average molecular weight is 258 g/mol. The predicted octanol–water partition coefficient (Wildman–Crippen LogP) is 3.29. The second-order valence-corrected chi connectivity index (χ2v) is 4.88. The van der Waals surface area contributed by atoms with E-state index < -0.39 is 0 Å². The lowest BCUT2D eigenvalue weighted by Gasteiger charge is -2.00. The van der Waals surface area contributed by atoms with Gasteiger partial charge in [-0.3, -0.25) is 0 Å². The Morgan fingerprint density at radius 1 is 1.00 bits per heavy atom. The van der Waals surface area contributed by atoms with Crippen LogP contribution in [0.15, 0.2) is 54.6 Å². The summed E-state index contributed by atoms with van der Waals surface area (Å²) in [5.74, 6) is 0. The summed E-state index contributed by atoms with van der Waals surface area (Å²) in [4.78, 5) is 3.44. The van der Waals surface area contributed by atoms with Crippen molar-refractivity contribution >= 4 is 32.8 Å². The Morgan fingerprint density at radius 2 is 1.80 bits per heavy atom. The number of benzene rings is 2. The maximum absolute atomic E-state index is 9.17. The lowest BCUT2D eigenvalue weighted by atomic mass is 10.1. The van der Waals surface area contributed by atoms with Crippen LogP contribution in [0.4, 0.5) is 0 Å². The second-order valence-electron chi connectivity index (χ2n) is 4.88. The minimum Gasteiger partial charge on any atom is -0.349 e. The number of H-pyrrole nitrogens is 1. The first-order valence-electron chi connectivity index (χ1n) is 6.57. The van der Waals surface area contributed by atoms with Gasteiger partial charge >= 0.3 is 0 Å². The molecule has 2 aromatic carbocycles. The normalized spacial score (nSPS) is 11.2. The third-order valence-electron chi connectivity index (χ3n) is 3.73. The second kappa shape index (κ2) is 4.07. The van der Waals surface area contributed by atoms with Crippen LogP contribution in [0.3, 0.4) is 0 Å². The van der Waals surface area contributed by atoms with Gasteiger partial charge in [-0.15, -0.1) is 0 Å². The first-order chi connectivity index (χ1) is 9.88. The number of hydrogen-bond acceptors (Lipinski definition) is 1. The molecule has 3 nitrogen and oxygen atoms in total. The molecule has 0 aliphatic carbocycles. The highest BCUT2D eigenvalue weighted by molar-refractivity contribution is 6.05. The Bertz CT molecular complexity index is 990. The van der Waals surface area contributed by atoms with Crippen molar-refractivity contribution in [3.8, 4) is 6.07 Å². The Labute approximate surface area is 115 Å². The van der Waals surface area contributed by atoms with Crippen molar-refractivity contribution in [1.82, 2.24) is 4.98 Å². The largest absolute Gasteiger partial charge is 0.349 e. The minimum atomic E-state index is 0.347. The van der Waals surface area contributed by atoms with Gasteiger partial charge in [-0.25, -0.2) is 0 Å². The lowest BCUT2D eigenvalue weighted by Crippen LogP contribution is -2.34. The summed E-state index contributed by atoms with van der Waals surface area (Å²) in [6.45, 7) is 0.347. The monoisotopic (exact) mass is 258 g/mol. The van der Waals surface area contributed by atoms with E-state index >= 15 is 0 Å². The number of hydrogen-bond donors (Lipinski definition) is 1. The van der Waals surface area contributed by atoms with Gasteiger partial charge in [-0.2, -0.15) is 9.83 Å². The molecule has 0 amide bonds. The van der Waals surface area contributed by atoms with E-state index in [1.165, 1.54) is 0 Å². The highest BCUT2D eigenvalue weighted by Gasteiger charge is 2.19. The van der Waals surface area contributed by atoms with Crippen LogP contribution in [-0.4, -0.2) is 4.98 Å². The molecule has 3 heteroatoms. The van der Waals surface area contributed by atoms with E-state index in [-0.39, 0.29) is 0 Å². The summed E-state index contributed by atoms with van der Waals surface area (Å²) >= 11 is 0. The zero-order valence-electron chi connectivity index (χ0n) is 10.8. The standard InChI is InChI=1S/C17H11N3/c18-9-10-20-16-8-4-1-5-12(16)11-15-17(20)13-6-2-3-7-14(13)19-15/h1-8,11H,10H2/p+1. The van der Waals surface area contributed by atoms with Gasteiger partial charge < -0.3 is 4.98 Å². The van der Waals surface area contributed by atoms with E-state index in [0.29, 0.717) is 6.54 Å². The van der Waals surface area contributed by atoms with Crippen molar-refractivity contribution in [2.75, 3.05) is 0 Å². The van der Waals surface area contributed by atoms with E-state index in [2.05, 4.69) is 46.0 Å². The van der Waals surface area contributed by atoms with Gasteiger partial charge in [-0.1, -0.05) is 24.3 Å². The third kappa shape index (κ3) is 1.42. The van der Waals surface area contributed by atoms with Crippen LogP contribution < -0.4 is 4.57 Å². The number of nitrogens with zero attached hydrogens (tertiary/aromatic N) is 2. The van der Waals surface area contributed by atoms with Gasteiger partial charge in [0.2, 0.25) is 17.6 Å². The number of para-hydroxylation sites is 2. The molecule has 0 aliphatic heterocycles. The van der Waals surface area contributed by atoms with Crippen LogP contribution in [0.1, 0.15) is 0 Å². The summed E-state index contributed by atoms with van der Waals surface area (Å²) in [6, 6.07) is 20.8. The van der Waals surface area contributed by atoms with Crippen LogP contribution in [0, 0.1) is 11.3 Å². The fourth-order valence-electron chi connectivity index (χ4n) is 2.91. The van der Waals surface area contributed by atoms with Crippen LogP contribution in [0.5, 0.6) is 0 Å². The Balaban J connectivity index is 2.30. The first-order valence-corrected chi connectivity index (χ1v) is 6.57. The highest BCUT2D eigenvalue weighted by Crippen LogP contribution is 2.25. The fraction of sp³-hybridized carbons (Fsp3) is 0.0588. The number of aromatic nitrogens is 2. The molecule has 94 valence electrons. The summed E-state index contributed by atoms with van der Waals surface area (Å²) in [5.41, 5.74) is 4.36. The van der Waals surface area contributed by atoms with Crippen molar-refractivity contribution in [2.24, 2.45) is 0 Å². The molecule has 2 aromatic heterocycles. The zero-order chi connectivity index (χ0) is 13.5. The van der Waals surface area contributed by atoms with Gasteiger partial charge in [0.15, 0.2) is 0 Å². The van der Waals surface area contributed by atoms with E-state index in [4.69, 9.17) is 5.26 Å². The molecular formula is C17H12N3+. The Morgan fingerprint density at radius 3 is 2.70 bits per heavy atom.